The summed E-state index contributed by atoms with van der Waals surface area (Å²) in [5.74, 6) is 1.44. The van der Waals surface area contributed by atoms with Gasteiger partial charge in [0.1, 0.15) is 35.6 Å². The van der Waals surface area contributed by atoms with Gasteiger partial charge in [-0.1, -0.05) is 18.2 Å². The summed E-state index contributed by atoms with van der Waals surface area (Å²) in [5, 5.41) is 14.2. The van der Waals surface area contributed by atoms with E-state index in [0.717, 1.165) is 97.6 Å². The third-order valence-electron chi connectivity index (χ3n) is 11.8. The lowest BCUT2D eigenvalue weighted by Gasteiger charge is -2.36. The highest BCUT2D eigenvalue weighted by atomic mass is 16.5. The van der Waals surface area contributed by atoms with Gasteiger partial charge in [-0.05, 0) is 115 Å². The Morgan fingerprint density at radius 1 is 0.776 bits per heavy atom. The topological polar surface area (TPSA) is 132 Å². The van der Waals surface area contributed by atoms with Crippen LogP contribution >= 0.6 is 0 Å². The second kappa shape index (κ2) is 15.9. The first-order valence-electron chi connectivity index (χ1n) is 20.1. The number of phenols is 1. The Labute approximate surface area is 336 Å². The molecule has 4 aliphatic rings. The summed E-state index contributed by atoms with van der Waals surface area (Å²) in [7, 11) is 0. The Morgan fingerprint density at radius 3 is 2.28 bits per heavy atom. The molecule has 4 amide bonds. The number of ether oxygens (including phenoxy) is 2. The molecule has 0 saturated carbocycles. The Morgan fingerprint density at radius 2 is 1.52 bits per heavy atom. The predicted molar refractivity (Wildman–Crippen MR) is 219 cm³/mol. The number of anilines is 1. The molecular weight excluding hydrogens is 735 g/mol. The molecule has 12 nitrogen and oxygen atoms in total. The lowest BCUT2D eigenvalue weighted by atomic mass is 9.98. The van der Waals surface area contributed by atoms with E-state index >= 15 is 0 Å². The number of carbonyl (C=O) groups is 4. The van der Waals surface area contributed by atoms with Gasteiger partial charge in [-0.2, -0.15) is 0 Å². The molecule has 296 valence electrons. The Hall–Kier alpha value is -6.40. The van der Waals surface area contributed by atoms with E-state index in [1.165, 1.54) is 0 Å². The lowest BCUT2D eigenvalue weighted by molar-refractivity contribution is -0.136. The number of hydrogen-bond acceptors (Lipinski definition) is 9. The SMILES string of the molecule is O=C1CCC(N2Cc3cc(N4CCN(CCOc5ccc(Oc6c(-c7ccc(C(=O)N8CCCC8)cc7)ccc7cc(O)ccc67)cc5)CC4)ccc3C2=O)C(=O)N1. The van der Waals surface area contributed by atoms with E-state index in [9.17, 15) is 24.3 Å². The molecule has 3 fully saturated rings. The Kier molecular flexibility index (Phi) is 10.2. The van der Waals surface area contributed by atoms with Crippen molar-refractivity contribution in [1.82, 2.24) is 20.0 Å². The van der Waals surface area contributed by atoms with E-state index in [-0.39, 0.29) is 29.9 Å². The van der Waals surface area contributed by atoms with Crippen molar-refractivity contribution in [1.29, 1.82) is 0 Å². The van der Waals surface area contributed by atoms with Crippen molar-refractivity contribution >= 4 is 40.1 Å². The molecular formula is C46H45N5O7. The van der Waals surface area contributed by atoms with Crippen LogP contribution < -0.4 is 19.7 Å². The van der Waals surface area contributed by atoms with Gasteiger partial charge < -0.3 is 29.3 Å². The van der Waals surface area contributed by atoms with Crippen molar-refractivity contribution in [3.05, 3.63) is 114 Å². The highest BCUT2D eigenvalue weighted by molar-refractivity contribution is 6.05. The maximum absolute atomic E-state index is 13.1. The molecule has 0 aromatic heterocycles. The van der Waals surface area contributed by atoms with Gasteiger partial charge in [0.15, 0.2) is 0 Å². The zero-order chi connectivity index (χ0) is 39.8. The van der Waals surface area contributed by atoms with Crippen molar-refractivity contribution in [2.75, 3.05) is 57.3 Å². The Balaban J connectivity index is 0.794. The van der Waals surface area contributed by atoms with Crippen LogP contribution in [0.3, 0.4) is 0 Å². The molecule has 0 aliphatic carbocycles. The first-order valence-corrected chi connectivity index (χ1v) is 20.1. The molecule has 12 heteroatoms. The number of hydrogen-bond donors (Lipinski definition) is 2. The molecule has 58 heavy (non-hydrogen) atoms. The summed E-state index contributed by atoms with van der Waals surface area (Å²) >= 11 is 0. The number of carbonyl (C=O) groups excluding carboxylic acids is 4. The number of piperidine rings is 1. The minimum Gasteiger partial charge on any atom is -0.508 e. The van der Waals surface area contributed by atoms with Crippen molar-refractivity contribution in [2.24, 2.45) is 0 Å². The number of likely N-dealkylation sites (tertiary alicyclic amines) is 1. The smallest absolute Gasteiger partial charge is 0.255 e. The average molecular weight is 780 g/mol. The van der Waals surface area contributed by atoms with Crippen molar-refractivity contribution in [3.8, 4) is 34.1 Å². The van der Waals surface area contributed by atoms with E-state index in [0.29, 0.717) is 42.2 Å². The molecule has 5 aromatic rings. The minimum atomic E-state index is -0.618. The first kappa shape index (κ1) is 37.2. The molecule has 9 rings (SSSR count). The van der Waals surface area contributed by atoms with Crippen molar-refractivity contribution < 1.29 is 33.8 Å². The van der Waals surface area contributed by atoms with Crippen LogP contribution in [0, 0.1) is 0 Å². The minimum absolute atomic E-state index is 0.0643. The van der Waals surface area contributed by atoms with Gasteiger partial charge >= 0.3 is 0 Å². The number of nitrogens with one attached hydrogen (secondary N) is 1. The maximum Gasteiger partial charge on any atom is 0.255 e. The molecule has 3 saturated heterocycles. The number of nitrogens with zero attached hydrogens (tertiary/aromatic N) is 4. The summed E-state index contributed by atoms with van der Waals surface area (Å²) in [5.41, 5.74) is 5.07. The summed E-state index contributed by atoms with van der Waals surface area (Å²) in [6, 6.07) is 29.8. The molecule has 0 bridgehead atoms. The van der Waals surface area contributed by atoms with Gasteiger partial charge in [0.25, 0.3) is 11.8 Å². The predicted octanol–water partition coefficient (Wildman–Crippen LogP) is 6.20. The highest BCUT2D eigenvalue weighted by Gasteiger charge is 2.39. The van der Waals surface area contributed by atoms with Crippen LogP contribution in [0.1, 0.15) is 52.0 Å². The second-order valence-electron chi connectivity index (χ2n) is 15.4. The van der Waals surface area contributed by atoms with E-state index in [1.54, 1.807) is 17.0 Å². The quantitative estimate of drug-likeness (QED) is 0.159. The van der Waals surface area contributed by atoms with Crippen LogP contribution in [-0.2, 0) is 16.1 Å². The highest BCUT2D eigenvalue weighted by Crippen LogP contribution is 2.41. The van der Waals surface area contributed by atoms with Gasteiger partial charge in [-0.25, -0.2) is 0 Å². The molecule has 5 aromatic carbocycles. The molecule has 0 spiro atoms. The van der Waals surface area contributed by atoms with E-state index in [2.05, 4.69) is 21.2 Å². The fourth-order valence-corrected chi connectivity index (χ4v) is 8.52. The number of amides is 4. The Bertz CT molecular complexity index is 2390. The number of piperazine rings is 1. The zero-order valence-corrected chi connectivity index (χ0v) is 32.2. The molecule has 4 heterocycles. The molecule has 2 N–H and O–H groups in total. The third-order valence-corrected chi connectivity index (χ3v) is 11.8. The summed E-state index contributed by atoms with van der Waals surface area (Å²) in [6.45, 7) is 6.71. The van der Waals surface area contributed by atoms with Crippen LogP contribution in [0.25, 0.3) is 21.9 Å². The van der Waals surface area contributed by atoms with Gasteiger partial charge in [0, 0.05) is 86.5 Å². The van der Waals surface area contributed by atoms with Gasteiger partial charge in [0.05, 0.1) is 0 Å². The van der Waals surface area contributed by atoms with Crippen molar-refractivity contribution in [3.63, 3.8) is 0 Å². The summed E-state index contributed by atoms with van der Waals surface area (Å²) in [4.78, 5) is 58.4. The number of rotatable bonds is 10. The second-order valence-corrected chi connectivity index (χ2v) is 15.4. The molecule has 1 atom stereocenters. The third kappa shape index (κ3) is 7.55. The molecule has 0 radical (unpaired) electrons. The van der Waals surface area contributed by atoms with E-state index < -0.39 is 11.9 Å². The zero-order valence-electron chi connectivity index (χ0n) is 32.2. The monoisotopic (exact) mass is 779 g/mol. The van der Waals surface area contributed by atoms with Crippen molar-refractivity contribution in [2.45, 2.75) is 38.3 Å². The van der Waals surface area contributed by atoms with Crippen LogP contribution in [0.5, 0.6) is 23.0 Å². The number of benzene rings is 5. The van der Waals surface area contributed by atoms with Gasteiger partial charge in [-0.3, -0.25) is 29.4 Å². The summed E-state index contributed by atoms with van der Waals surface area (Å²) < 4.78 is 12.7. The number of phenolic OH excluding ortho intramolecular Hbond substituents is 1. The van der Waals surface area contributed by atoms with Gasteiger partial charge in [-0.15, -0.1) is 0 Å². The number of fused-ring (bicyclic) bond motifs is 2. The number of aromatic hydroxyl groups is 1. The number of imide groups is 1. The van der Waals surface area contributed by atoms with Crippen LogP contribution in [0.2, 0.25) is 0 Å². The molecule has 1 unspecified atom stereocenters. The van der Waals surface area contributed by atoms with Crippen LogP contribution in [0.4, 0.5) is 5.69 Å². The van der Waals surface area contributed by atoms with Gasteiger partial charge in [0.2, 0.25) is 11.8 Å². The normalized spacial score (nSPS) is 18.4. The van der Waals surface area contributed by atoms with Crippen LogP contribution in [0.15, 0.2) is 97.1 Å². The first-order chi connectivity index (χ1) is 28.3. The van der Waals surface area contributed by atoms with E-state index in [1.807, 2.05) is 83.8 Å². The van der Waals surface area contributed by atoms with Crippen LogP contribution in [-0.4, -0.2) is 102 Å². The fourth-order valence-electron chi connectivity index (χ4n) is 8.52. The average Bonchev–Trinajstić information content (AvgIpc) is 3.90. The maximum atomic E-state index is 13.1. The molecule has 4 aliphatic heterocycles. The lowest BCUT2D eigenvalue weighted by Crippen LogP contribution is -2.52. The summed E-state index contributed by atoms with van der Waals surface area (Å²) in [6.07, 6.45) is 2.68. The standard InChI is InChI=1S/C46H45N5O7/c52-35-9-16-39-32(28-35)7-14-38(30-3-5-31(6-4-30)45(55)50-19-1-2-20-50)43(39)58-37-12-10-36(11-13-37)57-26-25-48-21-23-49(24-22-48)34-8-15-40-33(27-34)29-51(46(40)56)41-17-18-42(53)47-44(41)54/h3-16,27-28,41,52H,1-2,17-26,29H2,(H,47,53,54). The van der Waals surface area contributed by atoms with E-state index in [4.69, 9.17) is 9.47 Å². The largest absolute Gasteiger partial charge is 0.508 e. The fraction of sp³-hybridized carbons (Fsp3) is 0.304.